The zero-order valence-electron chi connectivity index (χ0n) is 12.7. The Labute approximate surface area is 137 Å². The van der Waals surface area contributed by atoms with Gasteiger partial charge in [0, 0.05) is 18.0 Å². The van der Waals surface area contributed by atoms with Crippen LogP contribution in [0.25, 0.3) is 16.9 Å². The number of anilines is 1. The van der Waals surface area contributed by atoms with Gasteiger partial charge in [0.05, 0.1) is 11.4 Å². The Hall–Kier alpha value is -3.48. The third-order valence-corrected chi connectivity index (χ3v) is 3.61. The van der Waals surface area contributed by atoms with Crippen molar-refractivity contribution >= 4 is 17.2 Å². The summed E-state index contributed by atoms with van der Waals surface area (Å²) in [6.45, 7) is 0.111. The number of pyridine rings is 1. The van der Waals surface area contributed by atoms with Crippen molar-refractivity contribution in [1.29, 1.82) is 0 Å². The molecule has 0 atom stereocenters. The molecule has 1 N–H and O–H groups in total. The average molecular weight is 318 g/mol. The Kier molecular flexibility index (Phi) is 3.51. The molecule has 0 aliphatic carbocycles. The quantitative estimate of drug-likeness (QED) is 0.626. The number of rotatable bonds is 4. The second-order valence-electron chi connectivity index (χ2n) is 5.28. The Morgan fingerprint density at radius 1 is 1.12 bits per heavy atom. The Balaban J connectivity index is 1.63. The fraction of sp³-hybridized carbons (Fsp3) is 0.0588. The monoisotopic (exact) mass is 318 g/mol. The maximum atomic E-state index is 12.2. The predicted molar refractivity (Wildman–Crippen MR) is 89.3 cm³/mol. The van der Waals surface area contributed by atoms with Gasteiger partial charge < -0.3 is 9.72 Å². The molecule has 0 bridgehead atoms. The molecule has 4 rings (SSSR count). The molecule has 0 unspecified atom stereocenters. The van der Waals surface area contributed by atoms with E-state index in [0.717, 1.165) is 16.9 Å². The highest BCUT2D eigenvalue weighted by molar-refractivity contribution is 5.95. The van der Waals surface area contributed by atoms with E-state index in [9.17, 15) is 4.79 Å². The van der Waals surface area contributed by atoms with Crippen LogP contribution in [0.3, 0.4) is 0 Å². The molecule has 0 aliphatic heterocycles. The fourth-order valence-electron chi connectivity index (χ4n) is 2.53. The van der Waals surface area contributed by atoms with Crippen molar-refractivity contribution in [1.82, 2.24) is 24.1 Å². The van der Waals surface area contributed by atoms with E-state index in [1.54, 1.807) is 0 Å². The number of para-hydroxylation sites is 1. The first kappa shape index (κ1) is 14.1. The maximum absolute atomic E-state index is 12.2. The van der Waals surface area contributed by atoms with E-state index in [1.165, 1.54) is 17.3 Å². The van der Waals surface area contributed by atoms with Gasteiger partial charge in [0.25, 0.3) is 0 Å². The molecule has 4 aromatic rings. The zero-order chi connectivity index (χ0) is 16.4. The summed E-state index contributed by atoms with van der Waals surface area (Å²) in [7, 11) is 0. The van der Waals surface area contributed by atoms with Crippen molar-refractivity contribution in [3.8, 4) is 11.3 Å². The lowest BCUT2D eigenvalue weighted by Gasteiger charge is -2.09. The minimum absolute atomic E-state index is 0.111. The van der Waals surface area contributed by atoms with Gasteiger partial charge in [0.1, 0.15) is 24.8 Å². The Morgan fingerprint density at radius 2 is 2.00 bits per heavy atom. The highest BCUT2D eigenvalue weighted by atomic mass is 16.2. The van der Waals surface area contributed by atoms with Gasteiger partial charge in [-0.05, 0) is 18.2 Å². The van der Waals surface area contributed by atoms with Crippen molar-refractivity contribution in [3.05, 3.63) is 67.5 Å². The van der Waals surface area contributed by atoms with E-state index in [0.29, 0.717) is 5.69 Å². The van der Waals surface area contributed by atoms with E-state index < -0.39 is 0 Å². The minimum Gasteiger partial charge on any atom is -0.324 e. The molecule has 24 heavy (non-hydrogen) atoms. The van der Waals surface area contributed by atoms with E-state index in [4.69, 9.17) is 0 Å². The van der Waals surface area contributed by atoms with E-state index in [2.05, 4.69) is 20.4 Å². The molecular formula is C17H14N6O. The molecule has 118 valence electrons. The number of aromatic nitrogens is 5. The highest BCUT2D eigenvalue weighted by Crippen LogP contribution is 2.27. The molecule has 3 aromatic heterocycles. The first-order valence-corrected chi connectivity index (χ1v) is 7.45. The normalized spacial score (nSPS) is 10.8. The number of hydrogen-bond acceptors (Lipinski definition) is 4. The summed E-state index contributed by atoms with van der Waals surface area (Å²) in [6.07, 6.45) is 6.79. The predicted octanol–water partition coefficient (Wildman–Crippen LogP) is 2.23. The number of carbonyl (C=O) groups excluding carboxylic acids is 1. The second-order valence-corrected chi connectivity index (χ2v) is 5.28. The molecule has 0 spiro atoms. The van der Waals surface area contributed by atoms with Crippen LogP contribution >= 0.6 is 0 Å². The van der Waals surface area contributed by atoms with Crippen LogP contribution < -0.4 is 5.32 Å². The molecular weight excluding hydrogens is 304 g/mol. The molecule has 0 fully saturated rings. The van der Waals surface area contributed by atoms with Crippen LogP contribution in [-0.4, -0.2) is 30.1 Å². The van der Waals surface area contributed by atoms with Crippen LogP contribution in [0.15, 0.2) is 67.5 Å². The molecule has 0 saturated carbocycles. The lowest BCUT2D eigenvalue weighted by atomic mass is 10.1. The highest BCUT2D eigenvalue weighted by Gasteiger charge is 2.11. The van der Waals surface area contributed by atoms with Crippen LogP contribution in [0.1, 0.15) is 0 Å². The number of nitrogens with zero attached hydrogens (tertiary/aromatic N) is 5. The summed E-state index contributed by atoms with van der Waals surface area (Å²) >= 11 is 0. The van der Waals surface area contributed by atoms with Crippen molar-refractivity contribution in [2.75, 3.05) is 5.32 Å². The number of nitrogens with one attached hydrogen (secondary N) is 1. The van der Waals surface area contributed by atoms with Gasteiger partial charge >= 0.3 is 0 Å². The second kappa shape index (κ2) is 5.96. The lowest BCUT2D eigenvalue weighted by Crippen LogP contribution is -2.19. The molecule has 0 aliphatic rings. The molecule has 3 heterocycles. The molecule has 1 aromatic carbocycles. The van der Waals surface area contributed by atoms with Gasteiger partial charge in [0.15, 0.2) is 0 Å². The zero-order valence-corrected chi connectivity index (χ0v) is 12.7. The van der Waals surface area contributed by atoms with Crippen molar-refractivity contribution in [3.63, 3.8) is 0 Å². The summed E-state index contributed by atoms with van der Waals surface area (Å²) in [5.74, 6) is -0.170. The number of amides is 1. The van der Waals surface area contributed by atoms with Crippen LogP contribution in [0.4, 0.5) is 5.69 Å². The molecule has 7 nitrogen and oxygen atoms in total. The number of fused-ring (bicyclic) bond motifs is 1. The molecule has 1 amide bonds. The smallest absolute Gasteiger partial charge is 0.246 e. The SMILES string of the molecule is O=C(Cn1cncn1)Nc1ccccc1-c1cn2ccccc2n1. The van der Waals surface area contributed by atoms with E-state index >= 15 is 0 Å². The summed E-state index contributed by atoms with van der Waals surface area (Å²) in [5.41, 5.74) is 3.24. The van der Waals surface area contributed by atoms with Gasteiger partial charge in [-0.1, -0.05) is 24.3 Å². The minimum atomic E-state index is -0.170. The fourth-order valence-corrected chi connectivity index (χ4v) is 2.53. The Bertz CT molecular complexity index is 956. The van der Waals surface area contributed by atoms with Crippen molar-refractivity contribution in [2.24, 2.45) is 0 Å². The number of carbonyl (C=O) groups is 1. The van der Waals surface area contributed by atoms with Gasteiger partial charge in [-0.25, -0.2) is 14.6 Å². The van der Waals surface area contributed by atoms with Crippen LogP contribution in [-0.2, 0) is 11.3 Å². The first-order valence-electron chi connectivity index (χ1n) is 7.45. The number of hydrogen-bond donors (Lipinski definition) is 1. The van der Waals surface area contributed by atoms with E-state index in [1.807, 2.05) is 59.3 Å². The summed E-state index contributed by atoms with van der Waals surface area (Å²) < 4.78 is 3.42. The van der Waals surface area contributed by atoms with Crippen LogP contribution in [0, 0.1) is 0 Å². The topological polar surface area (TPSA) is 77.1 Å². The first-order chi connectivity index (χ1) is 11.8. The standard InChI is InChI=1S/C17H14N6O/c24-17(10-23-12-18-11-19-23)21-14-6-2-1-5-13(14)15-9-22-8-4-3-7-16(22)20-15/h1-9,11-12H,10H2,(H,21,24). The summed E-state index contributed by atoms with van der Waals surface area (Å²) in [6, 6.07) is 13.4. The molecule has 7 heteroatoms. The van der Waals surface area contributed by atoms with Gasteiger partial charge in [0.2, 0.25) is 5.91 Å². The average Bonchev–Trinajstić information content (AvgIpc) is 3.24. The van der Waals surface area contributed by atoms with Crippen molar-refractivity contribution in [2.45, 2.75) is 6.54 Å². The lowest BCUT2D eigenvalue weighted by molar-refractivity contribution is -0.116. The van der Waals surface area contributed by atoms with Crippen LogP contribution in [0.5, 0.6) is 0 Å². The van der Waals surface area contributed by atoms with Crippen LogP contribution in [0.2, 0.25) is 0 Å². The maximum Gasteiger partial charge on any atom is 0.246 e. The number of imidazole rings is 1. The van der Waals surface area contributed by atoms with Crippen molar-refractivity contribution < 1.29 is 4.79 Å². The summed E-state index contributed by atoms with van der Waals surface area (Å²) in [5, 5.41) is 6.85. The van der Waals surface area contributed by atoms with Gasteiger partial charge in [-0.15, -0.1) is 0 Å². The third-order valence-electron chi connectivity index (χ3n) is 3.61. The van der Waals surface area contributed by atoms with Gasteiger partial charge in [-0.2, -0.15) is 5.10 Å². The van der Waals surface area contributed by atoms with E-state index in [-0.39, 0.29) is 12.5 Å². The number of benzene rings is 1. The largest absolute Gasteiger partial charge is 0.324 e. The molecule has 0 saturated heterocycles. The van der Waals surface area contributed by atoms with Gasteiger partial charge in [-0.3, -0.25) is 4.79 Å². The molecule has 0 radical (unpaired) electrons. The summed E-state index contributed by atoms with van der Waals surface area (Å²) in [4.78, 5) is 20.7. The Morgan fingerprint density at radius 3 is 2.83 bits per heavy atom. The third kappa shape index (κ3) is 2.74.